The van der Waals surface area contributed by atoms with Gasteiger partial charge in [-0.25, -0.2) is 0 Å². The fourth-order valence-electron chi connectivity index (χ4n) is 6.93. The van der Waals surface area contributed by atoms with Crippen LogP contribution in [0.2, 0.25) is 0 Å². The molecule has 4 atom stereocenters. The second-order valence-electron chi connectivity index (χ2n) is 12.0. The molecule has 0 aliphatic carbocycles. The second kappa shape index (κ2) is 18.6. The second-order valence-corrected chi connectivity index (χ2v) is 12.0. The fourth-order valence-corrected chi connectivity index (χ4v) is 6.93. The molecule has 0 radical (unpaired) electrons. The zero-order chi connectivity index (χ0) is 24.4. The molecule has 2 heterocycles. The summed E-state index contributed by atoms with van der Waals surface area (Å²) >= 11 is 0. The van der Waals surface area contributed by atoms with Gasteiger partial charge in [0.05, 0.1) is 0 Å². The summed E-state index contributed by atoms with van der Waals surface area (Å²) in [6.07, 6.45) is 29.7. The van der Waals surface area contributed by atoms with Crippen LogP contribution in [0.25, 0.3) is 0 Å². The summed E-state index contributed by atoms with van der Waals surface area (Å²) in [5.74, 6) is 3.15. The van der Waals surface area contributed by atoms with E-state index in [1.807, 2.05) is 0 Å². The Balaban J connectivity index is 1.97. The van der Waals surface area contributed by atoms with Gasteiger partial charge in [-0.2, -0.15) is 0 Å². The molecule has 0 aromatic rings. The lowest BCUT2D eigenvalue weighted by molar-refractivity contribution is 0.0863. The molecule has 2 aliphatic rings. The van der Waals surface area contributed by atoms with Crippen molar-refractivity contribution in [1.82, 2.24) is 9.80 Å². The van der Waals surface area contributed by atoms with Crippen molar-refractivity contribution in [3.63, 3.8) is 0 Å². The van der Waals surface area contributed by atoms with Crippen LogP contribution in [-0.4, -0.2) is 50.1 Å². The van der Waals surface area contributed by atoms with Crippen molar-refractivity contribution in [2.75, 3.05) is 40.3 Å². The lowest BCUT2D eigenvalue weighted by atomic mass is 9.72. The van der Waals surface area contributed by atoms with Crippen LogP contribution in [0.5, 0.6) is 0 Å². The number of hydrogen-bond acceptors (Lipinski definition) is 2. The summed E-state index contributed by atoms with van der Waals surface area (Å²) in [5.41, 5.74) is 0. The Kier molecular flexibility index (Phi) is 16.2. The Hall–Kier alpha value is -0.600. The van der Waals surface area contributed by atoms with Gasteiger partial charge in [0.2, 0.25) is 0 Å². The fraction of sp³-hybridized carbons (Fsp3) is 0.875. The average molecular weight is 473 g/mol. The van der Waals surface area contributed by atoms with E-state index in [-0.39, 0.29) is 0 Å². The maximum absolute atomic E-state index is 4.41. The Bertz CT molecular complexity index is 515. The first-order valence-electron chi connectivity index (χ1n) is 15.2. The van der Waals surface area contributed by atoms with Gasteiger partial charge in [-0.05, 0) is 82.8 Å². The number of unbranched alkanes of at least 4 members (excludes halogenated alkanes) is 6. The summed E-state index contributed by atoms with van der Waals surface area (Å²) in [6, 6.07) is 0. The molecule has 34 heavy (non-hydrogen) atoms. The van der Waals surface area contributed by atoms with E-state index in [2.05, 4.69) is 49.2 Å². The Morgan fingerprint density at radius 3 is 2.06 bits per heavy atom. The van der Waals surface area contributed by atoms with E-state index in [0.29, 0.717) is 5.92 Å². The topological polar surface area (TPSA) is 6.48 Å². The molecule has 198 valence electrons. The van der Waals surface area contributed by atoms with E-state index in [4.69, 9.17) is 0 Å². The van der Waals surface area contributed by atoms with E-state index in [9.17, 15) is 0 Å². The van der Waals surface area contributed by atoms with E-state index in [1.54, 1.807) is 0 Å². The third-order valence-electron chi connectivity index (χ3n) is 8.79. The molecule has 2 heteroatoms. The van der Waals surface area contributed by atoms with Crippen LogP contribution in [-0.2, 0) is 0 Å². The van der Waals surface area contributed by atoms with Crippen LogP contribution >= 0.6 is 0 Å². The maximum Gasteiger partial charge on any atom is 0.00126 e. The van der Waals surface area contributed by atoms with Crippen molar-refractivity contribution >= 4 is 0 Å². The number of hydrogen-bond donors (Lipinski definition) is 0. The first-order chi connectivity index (χ1) is 16.6. The molecule has 0 spiro atoms. The van der Waals surface area contributed by atoms with Gasteiger partial charge in [-0.1, -0.05) is 89.2 Å². The predicted octanol–water partition coefficient (Wildman–Crippen LogP) is 8.74. The average Bonchev–Trinajstić information content (AvgIpc) is 2.81. The highest BCUT2D eigenvalue weighted by atomic mass is 15.1. The summed E-state index contributed by atoms with van der Waals surface area (Å²) in [5, 5.41) is 0. The van der Waals surface area contributed by atoms with Gasteiger partial charge < -0.3 is 9.80 Å². The number of piperidine rings is 1. The smallest absolute Gasteiger partial charge is 0.00126 e. The number of likely N-dealkylation sites (tertiary alicyclic amines) is 1. The first-order valence-corrected chi connectivity index (χ1v) is 15.2. The minimum absolute atomic E-state index is 0.677. The van der Waals surface area contributed by atoms with Gasteiger partial charge >= 0.3 is 0 Å². The van der Waals surface area contributed by atoms with E-state index < -0.39 is 0 Å². The van der Waals surface area contributed by atoms with Crippen molar-refractivity contribution in [1.29, 1.82) is 0 Å². The van der Waals surface area contributed by atoms with Crippen LogP contribution in [0.3, 0.4) is 0 Å². The summed E-state index contributed by atoms with van der Waals surface area (Å²) in [6.45, 7) is 13.4. The van der Waals surface area contributed by atoms with E-state index >= 15 is 0 Å². The van der Waals surface area contributed by atoms with Gasteiger partial charge in [0, 0.05) is 19.6 Å². The standard InChI is InChI=1S/C32H60N2/c1-5-7-8-9-10-14-17-20-23-30-27-33(3)24-21-18-15-12-11-13-16-19-22-29-25-31(32(30)6-2)28-34(4)26-29/h5-6,29-32H,1-2,7-28H2,3-4H3/t29-,30-,31+,32-/m0/s1. The third-order valence-corrected chi connectivity index (χ3v) is 8.79. The van der Waals surface area contributed by atoms with Gasteiger partial charge in [0.15, 0.2) is 0 Å². The minimum atomic E-state index is 0.677. The maximum atomic E-state index is 4.41. The highest BCUT2D eigenvalue weighted by molar-refractivity contribution is 4.94. The monoisotopic (exact) mass is 472 g/mol. The molecule has 0 saturated carbocycles. The molecule has 2 saturated heterocycles. The largest absolute Gasteiger partial charge is 0.306 e. The highest BCUT2D eigenvalue weighted by Gasteiger charge is 2.33. The molecule has 0 N–H and O–H groups in total. The normalized spacial score (nSPS) is 29.4. The number of nitrogens with zero attached hydrogens (tertiary/aromatic N) is 2. The molecular formula is C32H60N2. The van der Waals surface area contributed by atoms with Crippen LogP contribution in [0.4, 0.5) is 0 Å². The molecule has 0 aromatic heterocycles. The zero-order valence-electron chi connectivity index (χ0n) is 23.3. The molecular weight excluding hydrogens is 412 g/mol. The number of rotatable bonds is 10. The Morgan fingerprint density at radius 2 is 1.35 bits per heavy atom. The van der Waals surface area contributed by atoms with Crippen molar-refractivity contribution in [2.24, 2.45) is 23.7 Å². The van der Waals surface area contributed by atoms with Crippen molar-refractivity contribution < 1.29 is 0 Å². The van der Waals surface area contributed by atoms with Gasteiger partial charge in [-0.3, -0.25) is 0 Å². The van der Waals surface area contributed by atoms with Gasteiger partial charge in [0.1, 0.15) is 0 Å². The quantitative estimate of drug-likeness (QED) is 0.232. The molecule has 2 rings (SSSR count). The molecule has 0 amide bonds. The first kappa shape index (κ1) is 29.6. The highest BCUT2D eigenvalue weighted by Crippen LogP contribution is 2.36. The van der Waals surface area contributed by atoms with Crippen LogP contribution in [0.15, 0.2) is 25.3 Å². The SMILES string of the molecule is C=CCCCCCCCC[C@H]1CN(C)CCCCCCCCCC[C@H]2C[C@H](CN(C)C2)[C@H]1C=C. The van der Waals surface area contributed by atoms with Crippen molar-refractivity contribution in [3.8, 4) is 0 Å². The number of fused-ring (bicyclic) bond motifs is 2. The van der Waals surface area contributed by atoms with E-state index in [1.165, 1.54) is 142 Å². The summed E-state index contributed by atoms with van der Waals surface area (Å²) < 4.78 is 0. The summed E-state index contributed by atoms with van der Waals surface area (Å²) in [7, 11) is 4.76. The molecule has 2 fully saturated rings. The third kappa shape index (κ3) is 12.4. The van der Waals surface area contributed by atoms with Crippen LogP contribution < -0.4 is 0 Å². The number of allylic oxidation sites excluding steroid dienone is 2. The molecule has 2 bridgehead atoms. The predicted molar refractivity (Wildman–Crippen MR) is 152 cm³/mol. The summed E-state index contributed by atoms with van der Waals surface area (Å²) in [4.78, 5) is 5.31. The lowest BCUT2D eigenvalue weighted by Gasteiger charge is -2.42. The van der Waals surface area contributed by atoms with Crippen LogP contribution in [0.1, 0.15) is 116 Å². The molecule has 2 nitrogen and oxygen atoms in total. The minimum Gasteiger partial charge on any atom is -0.306 e. The van der Waals surface area contributed by atoms with Gasteiger partial charge in [-0.15, -0.1) is 13.2 Å². The van der Waals surface area contributed by atoms with Crippen molar-refractivity contribution in [2.45, 2.75) is 116 Å². The molecule has 0 unspecified atom stereocenters. The van der Waals surface area contributed by atoms with E-state index in [0.717, 1.165) is 17.8 Å². The lowest BCUT2D eigenvalue weighted by Crippen LogP contribution is -2.43. The van der Waals surface area contributed by atoms with Gasteiger partial charge in [0.25, 0.3) is 0 Å². The molecule has 2 aliphatic heterocycles. The Labute approximate surface area is 214 Å². The Morgan fingerprint density at radius 1 is 0.706 bits per heavy atom. The molecule has 0 aromatic carbocycles. The van der Waals surface area contributed by atoms with Crippen molar-refractivity contribution in [3.05, 3.63) is 25.3 Å². The zero-order valence-corrected chi connectivity index (χ0v) is 23.3. The van der Waals surface area contributed by atoms with Crippen LogP contribution in [0, 0.1) is 23.7 Å².